The molecule has 0 aliphatic carbocycles. The zero-order chi connectivity index (χ0) is 16.0. The maximum absolute atomic E-state index is 2.29. The summed E-state index contributed by atoms with van der Waals surface area (Å²) < 4.78 is 0. The van der Waals surface area contributed by atoms with E-state index in [1.54, 1.807) is 0 Å². The molecule has 3 aromatic carbocycles. The van der Waals surface area contributed by atoms with Crippen LogP contribution < -0.4 is 18.9 Å². The van der Waals surface area contributed by atoms with Crippen molar-refractivity contribution < 1.29 is 18.9 Å². The summed E-state index contributed by atoms with van der Waals surface area (Å²) in [7, 11) is 0.469. The molecule has 2 heteroatoms. The van der Waals surface area contributed by atoms with Crippen molar-refractivity contribution in [2.45, 2.75) is 24.6 Å². The van der Waals surface area contributed by atoms with Gasteiger partial charge in [-0.1, -0.05) is 97.4 Å². The summed E-state index contributed by atoms with van der Waals surface area (Å²) in [5, 5.41) is 0. The van der Waals surface area contributed by atoms with Gasteiger partial charge in [-0.3, -0.25) is 0 Å². The standard InChI is InChI=1S/C22H24B.Li/c23-18-10-17-22(19-11-4-1-5-12-19,20-13-6-2-7-14-20)21-15-8-3-9-16-21;/h1-9,11-16H,10,17-18H2,23H3;/q-1;+1. The van der Waals surface area contributed by atoms with Gasteiger partial charge < -0.3 is 0 Å². The summed E-state index contributed by atoms with van der Waals surface area (Å²) in [6.45, 7) is 0. The molecule has 0 bridgehead atoms. The minimum atomic E-state index is -0.0297. The SMILES string of the molecule is [BH3-]CCCC(c1ccccc1)(c1ccccc1)c1ccccc1.[Li+]. The van der Waals surface area contributed by atoms with Crippen LogP contribution in [0.3, 0.4) is 0 Å². The van der Waals surface area contributed by atoms with Crippen LogP contribution in [0.25, 0.3) is 0 Å². The van der Waals surface area contributed by atoms with Crippen molar-refractivity contribution in [3.63, 3.8) is 0 Å². The summed E-state index contributed by atoms with van der Waals surface area (Å²) in [4.78, 5) is 0. The second-order valence-electron chi connectivity index (χ2n) is 5.61. The Labute approximate surface area is 158 Å². The molecule has 0 aromatic heterocycles. The average Bonchev–Trinajstić information content (AvgIpc) is 2.65. The van der Waals surface area contributed by atoms with Crippen molar-refractivity contribution in [1.82, 2.24) is 0 Å². The topological polar surface area (TPSA) is 0 Å². The van der Waals surface area contributed by atoms with Gasteiger partial charge in [0.1, 0.15) is 0 Å². The molecule has 0 heterocycles. The first-order valence-electron chi connectivity index (χ1n) is 7.84. The summed E-state index contributed by atoms with van der Waals surface area (Å²) in [5.74, 6) is 0. The third-order valence-corrected chi connectivity index (χ3v) is 4.35. The minimum absolute atomic E-state index is 0. The zero-order valence-electron chi connectivity index (χ0n) is 13.8. The van der Waals surface area contributed by atoms with Crippen LogP contribution in [-0.2, 0) is 5.41 Å². The quantitative estimate of drug-likeness (QED) is 0.479. The molecular formula is C22H24BLi. The van der Waals surface area contributed by atoms with E-state index >= 15 is 0 Å². The molecular weight excluding hydrogens is 282 g/mol. The van der Waals surface area contributed by atoms with Crippen LogP contribution in [0.15, 0.2) is 91.0 Å². The molecule has 0 fully saturated rings. The van der Waals surface area contributed by atoms with Gasteiger partial charge >= 0.3 is 18.9 Å². The molecule has 3 aromatic rings. The third-order valence-electron chi connectivity index (χ3n) is 4.35. The third kappa shape index (κ3) is 3.69. The molecule has 0 unspecified atom stereocenters. The van der Waals surface area contributed by atoms with Crippen LogP contribution in [0.1, 0.15) is 29.5 Å². The largest absolute Gasteiger partial charge is 1.00 e. The molecule has 0 aliphatic rings. The number of benzene rings is 3. The van der Waals surface area contributed by atoms with Crippen molar-refractivity contribution in [2.75, 3.05) is 0 Å². The summed E-state index contributed by atoms with van der Waals surface area (Å²) in [5.41, 5.74) is 4.19. The Kier molecular flexibility index (Phi) is 6.98. The number of hydrogen-bond acceptors (Lipinski definition) is 0. The summed E-state index contributed by atoms with van der Waals surface area (Å²) in [6, 6.07) is 33.1. The number of hydrogen-bond donors (Lipinski definition) is 0. The van der Waals surface area contributed by atoms with E-state index in [-0.39, 0.29) is 24.3 Å². The maximum atomic E-state index is 2.29. The second kappa shape index (κ2) is 8.98. The normalized spacial score (nSPS) is 10.9. The molecule has 0 amide bonds. The maximum Gasteiger partial charge on any atom is 1.00 e. The Morgan fingerprint density at radius 3 is 1.21 bits per heavy atom. The molecule has 0 saturated carbocycles. The van der Waals surface area contributed by atoms with Crippen LogP contribution in [0, 0.1) is 0 Å². The van der Waals surface area contributed by atoms with E-state index in [0.29, 0.717) is 7.85 Å². The molecule has 0 saturated heterocycles. The van der Waals surface area contributed by atoms with Gasteiger partial charge in [0.15, 0.2) is 0 Å². The van der Waals surface area contributed by atoms with E-state index in [2.05, 4.69) is 91.0 Å². The van der Waals surface area contributed by atoms with Gasteiger partial charge in [-0.25, -0.2) is 0 Å². The fraction of sp³-hybridized carbons (Fsp3) is 0.182. The zero-order valence-corrected chi connectivity index (χ0v) is 13.8. The average molecular weight is 306 g/mol. The molecule has 24 heavy (non-hydrogen) atoms. The van der Waals surface area contributed by atoms with E-state index in [4.69, 9.17) is 0 Å². The van der Waals surface area contributed by atoms with E-state index in [1.807, 2.05) is 0 Å². The van der Waals surface area contributed by atoms with E-state index < -0.39 is 0 Å². The first kappa shape index (κ1) is 18.7. The first-order chi connectivity index (χ1) is 11.4. The Hall–Kier alpha value is -1.68. The van der Waals surface area contributed by atoms with Crippen molar-refractivity contribution in [3.8, 4) is 0 Å². The second-order valence-corrected chi connectivity index (χ2v) is 5.61. The summed E-state index contributed by atoms with van der Waals surface area (Å²) >= 11 is 0. The Bertz CT molecular complexity index is 614. The molecule has 0 atom stereocenters. The smallest absolute Gasteiger partial charge is 0.187 e. The van der Waals surface area contributed by atoms with Crippen LogP contribution in [-0.4, -0.2) is 7.85 Å². The van der Waals surface area contributed by atoms with E-state index in [9.17, 15) is 0 Å². The van der Waals surface area contributed by atoms with Gasteiger partial charge in [0.05, 0.1) is 0 Å². The molecule has 0 radical (unpaired) electrons. The van der Waals surface area contributed by atoms with Crippen molar-refractivity contribution >= 4 is 7.85 Å². The molecule has 0 nitrogen and oxygen atoms in total. The van der Waals surface area contributed by atoms with E-state index in [1.165, 1.54) is 35.9 Å². The summed E-state index contributed by atoms with van der Waals surface area (Å²) in [6.07, 6.45) is 3.96. The molecule has 0 N–H and O–H groups in total. The van der Waals surface area contributed by atoms with E-state index in [0.717, 1.165) is 0 Å². The predicted octanol–water partition coefficient (Wildman–Crippen LogP) is 1.59. The monoisotopic (exact) mass is 306 g/mol. The molecule has 116 valence electrons. The Morgan fingerprint density at radius 2 is 0.917 bits per heavy atom. The first-order valence-corrected chi connectivity index (χ1v) is 7.84. The molecule has 3 rings (SSSR count). The Morgan fingerprint density at radius 1 is 0.583 bits per heavy atom. The van der Waals surface area contributed by atoms with Crippen LogP contribution >= 0.6 is 0 Å². The van der Waals surface area contributed by atoms with Crippen molar-refractivity contribution in [1.29, 1.82) is 0 Å². The van der Waals surface area contributed by atoms with Crippen LogP contribution in [0.5, 0.6) is 0 Å². The van der Waals surface area contributed by atoms with Crippen molar-refractivity contribution in [3.05, 3.63) is 108 Å². The van der Waals surface area contributed by atoms with Crippen molar-refractivity contribution in [2.24, 2.45) is 0 Å². The van der Waals surface area contributed by atoms with Gasteiger partial charge in [-0.2, -0.15) is 6.32 Å². The minimum Gasteiger partial charge on any atom is -0.187 e. The molecule has 0 spiro atoms. The van der Waals surface area contributed by atoms with Gasteiger partial charge in [-0.05, 0) is 31.0 Å². The van der Waals surface area contributed by atoms with Gasteiger partial charge in [0.25, 0.3) is 0 Å². The number of rotatable bonds is 6. The van der Waals surface area contributed by atoms with Gasteiger partial charge in [-0.15, -0.1) is 0 Å². The fourth-order valence-electron chi connectivity index (χ4n) is 3.37. The van der Waals surface area contributed by atoms with Gasteiger partial charge in [0.2, 0.25) is 0 Å². The van der Waals surface area contributed by atoms with Crippen LogP contribution in [0.4, 0.5) is 0 Å². The molecule has 0 aliphatic heterocycles. The van der Waals surface area contributed by atoms with Crippen LogP contribution in [0.2, 0.25) is 6.32 Å². The Balaban J connectivity index is 0.00000208. The predicted molar refractivity (Wildman–Crippen MR) is 103 cm³/mol. The fourth-order valence-corrected chi connectivity index (χ4v) is 3.37. The van der Waals surface area contributed by atoms with Gasteiger partial charge in [0, 0.05) is 5.41 Å².